The summed E-state index contributed by atoms with van der Waals surface area (Å²) in [6.07, 6.45) is 2.77. The van der Waals surface area contributed by atoms with Crippen molar-refractivity contribution in [1.29, 1.82) is 0 Å². The molecule has 1 aromatic carbocycles. The van der Waals surface area contributed by atoms with Gasteiger partial charge in [0.15, 0.2) is 0 Å². The molecule has 22 heavy (non-hydrogen) atoms. The van der Waals surface area contributed by atoms with Crippen molar-refractivity contribution in [3.05, 3.63) is 54.0 Å². The van der Waals surface area contributed by atoms with E-state index in [4.69, 9.17) is 0 Å². The first-order chi connectivity index (χ1) is 10.5. The fraction of sp³-hybridized carbons (Fsp3) is 0.294. The molecular weight excluding hydrogens is 281 g/mol. The molecule has 5 heteroatoms. The van der Waals surface area contributed by atoms with Gasteiger partial charge in [0.1, 0.15) is 11.6 Å². The average molecular weight is 301 g/mol. The van der Waals surface area contributed by atoms with Crippen LogP contribution >= 0.6 is 0 Å². The molecule has 1 heterocycles. The minimum atomic E-state index is -0.369. The molecule has 2 aromatic rings. The number of nitrogens with zero attached hydrogens (tertiary/aromatic N) is 1. The minimum Gasteiger partial charge on any atom is -0.384 e. The topological polar surface area (TPSA) is 54.0 Å². The zero-order chi connectivity index (χ0) is 15.9. The summed E-state index contributed by atoms with van der Waals surface area (Å²) in [5.74, 6) is 0.429. The minimum absolute atomic E-state index is 0.312. The maximum absolute atomic E-state index is 12.8. The highest BCUT2D eigenvalue weighted by molar-refractivity contribution is 6.03. The Morgan fingerprint density at radius 2 is 1.91 bits per heavy atom. The number of halogens is 1. The van der Waals surface area contributed by atoms with Gasteiger partial charge in [-0.25, -0.2) is 9.37 Å². The molecule has 0 fully saturated rings. The van der Waals surface area contributed by atoms with Crippen molar-refractivity contribution in [2.75, 3.05) is 17.2 Å². The third-order valence-corrected chi connectivity index (χ3v) is 3.16. The first-order valence-electron chi connectivity index (χ1n) is 7.31. The van der Waals surface area contributed by atoms with Gasteiger partial charge in [-0.15, -0.1) is 0 Å². The van der Waals surface area contributed by atoms with E-state index < -0.39 is 0 Å². The molecule has 0 bridgehead atoms. The Morgan fingerprint density at radius 3 is 2.50 bits per heavy atom. The molecule has 0 aliphatic heterocycles. The molecule has 1 aromatic heterocycles. The monoisotopic (exact) mass is 301 g/mol. The average Bonchev–Trinajstić information content (AvgIpc) is 2.49. The summed E-state index contributed by atoms with van der Waals surface area (Å²) in [6.45, 7) is 5.24. The number of hydrogen-bond acceptors (Lipinski definition) is 3. The zero-order valence-electron chi connectivity index (χ0n) is 12.8. The molecule has 0 atom stereocenters. The Labute approximate surface area is 129 Å². The number of pyridine rings is 1. The van der Waals surface area contributed by atoms with Crippen LogP contribution in [-0.2, 0) is 0 Å². The summed E-state index contributed by atoms with van der Waals surface area (Å²) >= 11 is 0. The Balaban J connectivity index is 1.90. The molecule has 0 aliphatic rings. The van der Waals surface area contributed by atoms with Crippen LogP contribution in [0.25, 0.3) is 0 Å². The Bertz CT molecular complexity index is 609. The van der Waals surface area contributed by atoms with E-state index in [1.54, 1.807) is 12.3 Å². The highest BCUT2D eigenvalue weighted by Crippen LogP contribution is 2.12. The second kappa shape index (κ2) is 7.54. The van der Waals surface area contributed by atoms with Crippen molar-refractivity contribution < 1.29 is 9.18 Å². The normalized spacial score (nSPS) is 10.5. The van der Waals surface area contributed by atoms with Crippen LogP contribution in [0.4, 0.5) is 15.9 Å². The maximum atomic E-state index is 12.8. The van der Waals surface area contributed by atoms with Crippen LogP contribution in [0, 0.1) is 11.7 Å². The molecule has 2 N–H and O–H groups in total. The Morgan fingerprint density at radius 1 is 1.18 bits per heavy atom. The molecule has 0 saturated carbocycles. The van der Waals surface area contributed by atoms with Crippen molar-refractivity contribution in [2.45, 2.75) is 20.3 Å². The number of nitrogens with one attached hydrogen (secondary N) is 2. The molecule has 1 amide bonds. The molecule has 0 aliphatic carbocycles. The number of aromatic nitrogens is 1. The quantitative estimate of drug-likeness (QED) is 0.850. The third kappa shape index (κ3) is 4.84. The first kappa shape index (κ1) is 15.9. The van der Waals surface area contributed by atoms with Crippen LogP contribution in [0.15, 0.2) is 42.6 Å². The van der Waals surface area contributed by atoms with E-state index in [2.05, 4.69) is 29.5 Å². The van der Waals surface area contributed by atoms with Crippen LogP contribution in [0.2, 0.25) is 0 Å². The fourth-order valence-electron chi connectivity index (χ4n) is 1.87. The highest BCUT2D eigenvalue weighted by atomic mass is 19.1. The summed E-state index contributed by atoms with van der Waals surface area (Å²) in [6, 6.07) is 8.99. The lowest BCUT2D eigenvalue weighted by Gasteiger charge is -2.09. The Kier molecular flexibility index (Phi) is 5.47. The van der Waals surface area contributed by atoms with Gasteiger partial charge in [-0.1, -0.05) is 13.8 Å². The molecule has 0 unspecified atom stereocenters. The number of benzene rings is 1. The first-order valence-corrected chi connectivity index (χ1v) is 7.31. The number of amides is 1. The van der Waals surface area contributed by atoms with Gasteiger partial charge in [0.2, 0.25) is 0 Å². The van der Waals surface area contributed by atoms with Gasteiger partial charge in [0.25, 0.3) is 5.91 Å². The van der Waals surface area contributed by atoms with Crippen LogP contribution in [0.5, 0.6) is 0 Å². The van der Waals surface area contributed by atoms with Gasteiger partial charge in [0, 0.05) is 12.1 Å². The molecular formula is C17H20FN3O. The lowest BCUT2D eigenvalue weighted by atomic mass is 10.1. The van der Waals surface area contributed by atoms with E-state index in [1.807, 2.05) is 6.07 Å². The van der Waals surface area contributed by atoms with E-state index in [0.717, 1.165) is 18.7 Å². The Hall–Kier alpha value is -2.43. The number of hydrogen-bond donors (Lipinski definition) is 2. The number of carbonyl (C=O) groups excluding carboxylic acids is 1. The van der Waals surface area contributed by atoms with Crippen molar-refractivity contribution in [2.24, 2.45) is 5.92 Å². The summed E-state index contributed by atoms with van der Waals surface area (Å²) in [4.78, 5) is 16.2. The van der Waals surface area contributed by atoms with E-state index >= 15 is 0 Å². The number of carbonyl (C=O) groups is 1. The van der Waals surface area contributed by atoms with Crippen LogP contribution in [-0.4, -0.2) is 17.4 Å². The SMILES string of the molecule is CC(C)CCNc1ccc(NC(=O)c2ccc(F)cc2)nc1. The second-order valence-electron chi connectivity index (χ2n) is 5.50. The summed E-state index contributed by atoms with van der Waals surface area (Å²) in [5, 5.41) is 5.96. The van der Waals surface area contributed by atoms with Gasteiger partial charge in [-0.2, -0.15) is 0 Å². The predicted molar refractivity (Wildman–Crippen MR) is 86.5 cm³/mol. The molecule has 4 nitrogen and oxygen atoms in total. The number of rotatable bonds is 6. The molecule has 0 radical (unpaired) electrons. The molecule has 2 rings (SSSR count). The molecule has 0 saturated heterocycles. The fourth-order valence-corrected chi connectivity index (χ4v) is 1.87. The lowest BCUT2D eigenvalue weighted by molar-refractivity contribution is 0.102. The van der Waals surface area contributed by atoms with Gasteiger partial charge < -0.3 is 10.6 Å². The van der Waals surface area contributed by atoms with Gasteiger partial charge in [0.05, 0.1) is 11.9 Å². The van der Waals surface area contributed by atoms with E-state index in [-0.39, 0.29) is 11.7 Å². The van der Waals surface area contributed by atoms with Gasteiger partial charge >= 0.3 is 0 Å². The van der Waals surface area contributed by atoms with Gasteiger partial charge in [-0.3, -0.25) is 4.79 Å². The summed E-state index contributed by atoms with van der Waals surface area (Å²) in [5.41, 5.74) is 1.31. The van der Waals surface area contributed by atoms with Crippen LogP contribution < -0.4 is 10.6 Å². The van der Waals surface area contributed by atoms with Gasteiger partial charge in [-0.05, 0) is 48.7 Å². The van der Waals surface area contributed by atoms with E-state index in [0.29, 0.717) is 17.3 Å². The van der Waals surface area contributed by atoms with E-state index in [9.17, 15) is 9.18 Å². The number of anilines is 2. The maximum Gasteiger partial charge on any atom is 0.256 e. The van der Waals surface area contributed by atoms with Crippen LogP contribution in [0.1, 0.15) is 30.6 Å². The highest BCUT2D eigenvalue weighted by Gasteiger charge is 2.06. The smallest absolute Gasteiger partial charge is 0.256 e. The lowest BCUT2D eigenvalue weighted by Crippen LogP contribution is -2.13. The zero-order valence-corrected chi connectivity index (χ0v) is 12.8. The molecule has 0 spiro atoms. The second-order valence-corrected chi connectivity index (χ2v) is 5.50. The van der Waals surface area contributed by atoms with Crippen molar-refractivity contribution in [3.8, 4) is 0 Å². The molecule has 116 valence electrons. The predicted octanol–water partition coefficient (Wildman–Crippen LogP) is 3.93. The third-order valence-electron chi connectivity index (χ3n) is 3.16. The van der Waals surface area contributed by atoms with Crippen LogP contribution in [0.3, 0.4) is 0 Å². The summed E-state index contributed by atoms with van der Waals surface area (Å²) in [7, 11) is 0. The van der Waals surface area contributed by atoms with Crippen molar-refractivity contribution in [1.82, 2.24) is 4.98 Å². The van der Waals surface area contributed by atoms with Crippen molar-refractivity contribution >= 4 is 17.4 Å². The summed E-state index contributed by atoms with van der Waals surface area (Å²) < 4.78 is 12.8. The van der Waals surface area contributed by atoms with E-state index in [1.165, 1.54) is 24.3 Å². The largest absolute Gasteiger partial charge is 0.384 e. The standard InChI is InChI=1S/C17H20FN3O/c1-12(2)9-10-19-15-7-8-16(20-11-15)21-17(22)13-3-5-14(18)6-4-13/h3-8,11-12,19H,9-10H2,1-2H3,(H,20,21,22). The van der Waals surface area contributed by atoms with Crippen molar-refractivity contribution in [3.63, 3.8) is 0 Å².